The number of rotatable bonds is 8. The molecule has 0 aromatic heterocycles. The van der Waals surface area contributed by atoms with Crippen LogP contribution in [0, 0.1) is 5.92 Å². The molecule has 0 amide bonds. The van der Waals surface area contributed by atoms with Gasteiger partial charge in [0.2, 0.25) is 0 Å². The van der Waals surface area contributed by atoms with Crippen LogP contribution in [-0.4, -0.2) is 31.5 Å². The quantitative estimate of drug-likeness (QED) is 0.748. The van der Waals surface area contributed by atoms with Gasteiger partial charge in [-0.2, -0.15) is 0 Å². The molecule has 1 aromatic carbocycles. The van der Waals surface area contributed by atoms with Crippen molar-refractivity contribution in [3.63, 3.8) is 0 Å². The Hall–Kier alpha value is -1.20. The number of hydrogen-bond acceptors (Lipinski definition) is 5. The zero-order valence-corrected chi connectivity index (χ0v) is 14.0. The van der Waals surface area contributed by atoms with Gasteiger partial charge in [0.15, 0.2) is 0 Å². The largest absolute Gasteiger partial charge is 0.497 e. The summed E-state index contributed by atoms with van der Waals surface area (Å²) < 4.78 is 10.0. The number of hydrogen-bond donors (Lipinski definition) is 1. The Bertz CT molecular complexity index is 434. The van der Waals surface area contributed by atoms with Crippen molar-refractivity contribution in [2.24, 2.45) is 11.7 Å². The number of benzene rings is 1. The molecule has 1 rings (SSSR count). The number of esters is 1. The molecule has 0 unspecified atom stereocenters. The smallest absolute Gasteiger partial charge is 0.320 e. The Morgan fingerprint density at radius 2 is 1.86 bits per heavy atom. The van der Waals surface area contributed by atoms with Gasteiger partial charge < -0.3 is 15.2 Å². The zero-order chi connectivity index (χ0) is 15.8. The molecule has 4 nitrogen and oxygen atoms in total. The molecule has 0 heterocycles. The van der Waals surface area contributed by atoms with Gasteiger partial charge in [0.05, 0.1) is 14.2 Å². The summed E-state index contributed by atoms with van der Waals surface area (Å²) in [5.41, 5.74) is 7.29. The van der Waals surface area contributed by atoms with Crippen LogP contribution in [0.15, 0.2) is 24.3 Å². The first-order chi connectivity index (χ1) is 9.97. The van der Waals surface area contributed by atoms with Gasteiger partial charge in [0.25, 0.3) is 0 Å². The maximum Gasteiger partial charge on any atom is 0.320 e. The number of nitrogens with two attached hydrogens (primary N) is 1. The van der Waals surface area contributed by atoms with Crippen molar-refractivity contribution >= 4 is 17.7 Å². The molecule has 5 heteroatoms. The van der Waals surface area contributed by atoms with Crippen molar-refractivity contribution in [2.75, 3.05) is 14.2 Å². The minimum atomic E-state index is -0.334. The summed E-state index contributed by atoms with van der Waals surface area (Å²) in [4.78, 5) is 11.9. The Balaban J connectivity index is 2.65. The summed E-state index contributed by atoms with van der Waals surface area (Å²) >= 11 is 1.53. The SMILES string of the molecule is COC(=O)[C@@H](SCc1ccc(OC)cc1)[C@@H](N)CC(C)C. The van der Waals surface area contributed by atoms with Crippen LogP contribution < -0.4 is 10.5 Å². The summed E-state index contributed by atoms with van der Waals surface area (Å²) in [6.07, 6.45) is 0.801. The molecule has 0 saturated heterocycles. The maximum absolute atomic E-state index is 11.9. The normalized spacial score (nSPS) is 13.8. The summed E-state index contributed by atoms with van der Waals surface area (Å²) in [6.45, 7) is 4.20. The molecule has 0 spiro atoms. The van der Waals surface area contributed by atoms with E-state index in [9.17, 15) is 4.79 Å². The molecule has 0 saturated carbocycles. The zero-order valence-electron chi connectivity index (χ0n) is 13.2. The van der Waals surface area contributed by atoms with E-state index in [0.717, 1.165) is 23.5 Å². The maximum atomic E-state index is 11.9. The van der Waals surface area contributed by atoms with Crippen molar-refractivity contribution in [3.8, 4) is 5.75 Å². The van der Waals surface area contributed by atoms with Crippen LogP contribution in [0.5, 0.6) is 5.75 Å². The Morgan fingerprint density at radius 1 is 1.24 bits per heavy atom. The minimum Gasteiger partial charge on any atom is -0.497 e. The molecular weight excluding hydrogens is 286 g/mol. The van der Waals surface area contributed by atoms with Crippen molar-refractivity contribution in [1.82, 2.24) is 0 Å². The van der Waals surface area contributed by atoms with Crippen LogP contribution >= 0.6 is 11.8 Å². The lowest BCUT2D eigenvalue weighted by Gasteiger charge is -2.22. The number of ether oxygens (including phenoxy) is 2. The second-order valence-electron chi connectivity index (χ2n) is 5.40. The van der Waals surface area contributed by atoms with Crippen molar-refractivity contribution in [1.29, 1.82) is 0 Å². The predicted molar refractivity (Wildman–Crippen MR) is 87.5 cm³/mol. The van der Waals surface area contributed by atoms with E-state index in [1.807, 2.05) is 24.3 Å². The number of thioether (sulfide) groups is 1. The van der Waals surface area contributed by atoms with Gasteiger partial charge in [-0.25, -0.2) is 0 Å². The Kier molecular flexibility index (Phi) is 7.61. The van der Waals surface area contributed by atoms with Crippen molar-refractivity contribution < 1.29 is 14.3 Å². The standard InChI is InChI=1S/C16H25NO3S/c1-11(2)9-14(17)15(16(18)20-4)21-10-12-5-7-13(19-3)8-6-12/h5-8,11,14-15H,9-10,17H2,1-4H3/t14-,15-/m0/s1. The van der Waals surface area contributed by atoms with Gasteiger partial charge in [0, 0.05) is 11.8 Å². The first-order valence-electron chi connectivity index (χ1n) is 7.05. The number of carbonyl (C=O) groups is 1. The van der Waals surface area contributed by atoms with E-state index in [1.165, 1.54) is 18.9 Å². The van der Waals surface area contributed by atoms with Crippen LogP contribution in [0.3, 0.4) is 0 Å². The minimum absolute atomic E-state index is 0.194. The summed E-state index contributed by atoms with van der Waals surface area (Å²) in [6, 6.07) is 7.62. The van der Waals surface area contributed by atoms with Crippen LogP contribution in [0.2, 0.25) is 0 Å². The first-order valence-corrected chi connectivity index (χ1v) is 8.10. The van der Waals surface area contributed by atoms with E-state index in [4.69, 9.17) is 15.2 Å². The Labute approximate surface area is 131 Å². The summed E-state index contributed by atoms with van der Waals surface area (Å²) in [5.74, 6) is 1.75. The Morgan fingerprint density at radius 3 is 2.33 bits per heavy atom. The summed E-state index contributed by atoms with van der Waals surface area (Å²) in [7, 11) is 3.05. The lowest BCUT2D eigenvalue weighted by molar-refractivity contribution is -0.140. The van der Waals surface area contributed by atoms with Gasteiger partial charge in [-0.1, -0.05) is 26.0 Å². The highest BCUT2D eigenvalue weighted by molar-refractivity contribution is 7.99. The number of carbonyl (C=O) groups excluding carboxylic acids is 1. The van der Waals surface area contributed by atoms with Crippen LogP contribution in [0.4, 0.5) is 0 Å². The van der Waals surface area contributed by atoms with Gasteiger partial charge in [-0.05, 0) is 30.0 Å². The highest BCUT2D eigenvalue weighted by Gasteiger charge is 2.27. The van der Waals surface area contributed by atoms with Crippen LogP contribution in [-0.2, 0) is 15.3 Å². The lowest BCUT2D eigenvalue weighted by Crippen LogP contribution is -2.40. The van der Waals surface area contributed by atoms with Gasteiger partial charge in [-0.3, -0.25) is 4.79 Å². The molecule has 2 atom stereocenters. The van der Waals surface area contributed by atoms with Crippen LogP contribution in [0.1, 0.15) is 25.8 Å². The molecular formula is C16H25NO3S. The molecule has 1 aromatic rings. The van der Waals surface area contributed by atoms with Gasteiger partial charge >= 0.3 is 5.97 Å². The fourth-order valence-electron chi connectivity index (χ4n) is 2.06. The fourth-order valence-corrected chi connectivity index (χ4v) is 3.21. The molecule has 0 fully saturated rings. The molecule has 0 aliphatic heterocycles. The van der Waals surface area contributed by atoms with E-state index >= 15 is 0 Å². The topological polar surface area (TPSA) is 61.5 Å². The average molecular weight is 311 g/mol. The average Bonchev–Trinajstić information content (AvgIpc) is 2.47. The lowest BCUT2D eigenvalue weighted by atomic mass is 10.0. The second-order valence-corrected chi connectivity index (χ2v) is 6.53. The third-order valence-electron chi connectivity index (χ3n) is 3.15. The molecule has 0 radical (unpaired) electrons. The predicted octanol–water partition coefficient (Wildman–Crippen LogP) is 2.84. The van der Waals surface area contributed by atoms with Crippen molar-refractivity contribution in [2.45, 2.75) is 37.3 Å². The molecule has 2 N–H and O–H groups in total. The molecule has 0 aliphatic rings. The first kappa shape index (κ1) is 17.9. The monoisotopic (exact) mass is 311 g/mol. The fraction of sp³-hybridized carbons (Fsp3) is 0.562. The van der Waals surface area contributed by atoms with Gasteiger partial charge in [-0.15, -0.1) is 11.8 Å². The van der Waals surface area contributed by atoms with E-state index in [2.05, 4.69) is 13.8 Å². The van der Waals surface area contributed by atoms with E-state index in [-0.39, 0.29) is 17.3 Å². The molecule has 0 bridgehead atoms. The van der Waals surface area contributed by atoms with Crippen molar-refractivity contribution in [3.05, 3.63) is 29.8 Å². The highest BCUT2D eigenvalue weighted by Crippen LogP contribution is 2.24. The second kappa shape index (κ2) is 8.95. The third kappa shape index (κ3) is 5.98. The van der Waals surface area contributed by atoms with E-state index in [1.54, 1.807) is 7.11 Å². The molecule has 21 heavy (non-hydrogen) atoms. The van der Waals surface area contributed by atoms with Crippen LogP contribution in [0.25, 0.3) is 0 Å². The van der Waals surface area contributed by atoms with E-state index < -0.39 is 0 Å². The molecule has 118 valence electrons. The third-order valence-corrected chi connectivity index (χ3v) is 4.56. The van der Waals surface area contributed by atoms with Gasteiger partial charge in [0.1, 0.15) is 11.0 Å². The summed E-state index contributed by atoms with van der Waals surface area (Å²) in [5, 5.41) is -0.334. The highest BCUT2D eigenvalue weighted by atomic mass is 32.2. The van der Waals surface area contributed by atoms with E-state index in [0.29, 0.717) is 5.92 Å². The number of methoxy groups -OCH3 is 2. The molecule has 0 aliphatic carbocycles.